The van der Waals surface area contributed by atoms with Gasteiger partial charge in [0, 0.05) is 47.7 Å². The van der Waals surface area contributed by atoms with E-state index in [4.69, 9.17) is 30.8 Å². The minimum atomic E-state index is -4.04. The van der Waals surface area contributed by atoms with E-state index in [1.165, 1.54) is 12.4 Å². The Morgan fingerprint density at radius 2 is 2.00 bits per heavy atom. The summed E-state index contributed by atoms with van der Waals surface area (Å²) in [6, 6.07) is 13.0. The van der Waals surface area contributed by atoms with Gasteiger partial charge in [0.25, 0.3) is 5.56 Å². The number of rotatable bonds is 10. The highest BCUT2D eigenvalue weighted by molar-refractivity contribution is 7.91. The predicted octanol–water partition coefficient (Wildman–Crippen LogP) is 6.66. The Labute approximate surface area is 300 Å². The van der Waals surface area contributed by atoms with Crippen molar-refractivity contribution >= 4 is 49.0 Å². The molecule has 8 rings (SSSR count). The first kappa shape index (κ1) is 33.9. The van der Waals surface area contributed by atoms with Crippen molar-refractivity contribution in [3.8, 4) is 0 Å². The maximum Gasteiger partial charge on any atom is 0.273 e. The van der Waals surface area contributed by atoms with Gasteiger partial charge in [-0.2, -0.15) is 0 Å². The second kappa shape index (κ2) is 13.1. The fourth-order valence-electron chi connectivity index (χ4n) is 7.07. The van der Waals surface area contributed by atoms with E-state index in [-0.39, 0.29) is 36.2 Å². The van der Waals surface area contributed by atoms with Crippen LogP contribution in [0, 0.1) is 0 Å². The number of nitrogens with one attached hydrogen (secondary N) is 1. The van der Waals surface area contributed by atoms with Gasteiger partial charge in [0.2, 0.25) is 15.3 Å². The summed E-state index contributed by atoms with van der Waals surface area (Å²) in [5.41, 5.74) is 2.78. The van der Waals surface area contributed by atoms with Crippen molar-refractivity contribution in [2.75, 3.05) is 13.2 Å². The first-order valence-corrected chi connectivity index (χ1v) is 19.0. The highest BCUT2D eigenvalue weighted by Crippen LogP contribution is 2.44. The number of allylic oxidation sites excluding steroid dienone is 3. The number of aromatic amines is 1. The van der Waals surface area contributed by atoms with Crippen LogP contribution >= 0.6 is 11.6 Å². The molecule has 0 spiro atoms. The maximum absolute atomic E-state index is 14.2. The Morgan fingerprint density at radius 3 is 2.75 bits per heavy atom. The smallest absolute Gasteiger partial charge is 0.273 e. The summed E-state index contributed by atoms with van der Waals surface area (Å²) in [5, 5.41) is 1.36. The Bertz CT molecular complexity index is 2360. The number of pyridine rings is 2. The number of aromatic nitrogens is 5. The third-order valence-electron chi connectivity index (χ3n) is 10.3. The standard InChI is InChI=1S/C38H38ClN5O6S/c1-24-20-27(12-15-37(24,2)51(46,47)44-18-14-25-13-17-41-35(45)33(25)44)26-8-11-31-30(21-26)34(43-36(39)42-31)38(50-29-9-10-29,28-6-5-16-40-22-28)23-49-32-7-3-4-19-48-32/h5-6,8,11-14,16-18,20-22,29,32H,3-4,7,9-10,15,19,23H2,1-2H3,(H,41,45). The Morgan fingerprint density at radius 1 is 1.14 bits per heavy atom. The van der Waals surface area contributed by atoms with Gasteiger partial charge in [-0.15, -0.1) is 0 Å². The van der Waals surface area contributed by atoms with Crippen molar-refractivity contribution in [2.45, 2.75) is 75.1 Å². The van der Waals surface area contributed by atoms with Gasteiger partial charge in [-0.25, -0.2) is 22.4 Å². The first-order chi connectivity index (χ1) is 24.6. The number of benzene rings is 1. The topological polar surface area (TPSA) is 138 Å². The number of hydrogen-bond acceptors (Lipinski definition) is 9. The largest absolute Gasteiger partial charge is 0.358 e. The molecule has 4 aromatic heterocycles. The molecular weight excluding hydrogens is 690 g/mol. The third kappa shape index (κ3) is 6.02. The maximum atomic E-state index is 14.2. The summed E-state index contributed by atoms with van der Waals surface area (Å²) in [6.45, 7) is 4.29. The van der Waals surface area contributed by atoms with Crippen LogP contribution < -0.4 is 5.56 Å². The van der Waals surface area contributed by atoms with Crippen LogP contribution in [-0.2, 0) is 29.8 Å². The zero-order chi connectivity index (χ0) is 35.4. The lowest BCUT2D eigenvalue weighted by atomic mass is 9.85. The van der Waals surface area contributed by atoms with Crippen LogP contribution in [0.25, 0.3) is 27.4 Å². The van der Waals surface area contributed by atoms with Gasteiger partial charge in [0.1, 0.15) is 10.3 Å². The summed E-state index contributed by atoms with van der Waals surface area (Å²) in [5.74, 6) is 0. The molecule has 0 radical (unpaired) electrons. The van der Waals surface area contributed by atoms with Crippen LogP contribution in [-0.4, -0.2) is 62.7 Å². The molecule has 13 heteroatoms. The van der Waals surface area contributed by atoms with Crippen LogP contribution in [0.5, 0.6) is 0 Å². The summed E-state index contributed by atoms with van der Waals surface area (Å²) in [7, 11) is -4.04. The molecule has 2 fully saturated rings. The molecule has 1 saturated carbocycles. The van der Waals surface area contributed by atoms with E-state index in [0.29, 0.717) is 28.8 Å². The second-order valence-corrected chi connectivity index (χ2v) is 16.3. The molecule has 0 bridgehead atoms. The van der Waals surface area contributed by atoms with Crippen molar-refractivity contribution < 1.29 is 22.6 Å². The molecule has 3 atom stereocenters. The Hall–Kier alpha value is -4.20. The lowest BCUT2D eigenvalue weighted by molar-refractivity contribution is -0.197. The van der Waals surface area contributed by atoms with Crippen LogP contribution in [0.15, 0.2) is 89.8 Å². The average Bonchev–Trinajstić information content (AvgIpc) is 3.84. The summed E-state index contributed by atoms with van der Waals surface area (Å²) < 4.78 is 47.6. The molecule has 0 amide bonds. The number of ether oxygens (including phenoxy) is 3. The van der Waals surface area contributed by atoms with E-state index in [1.54, 1.807) is 31.5 Å². The first-order valence-electron chi connectivity index (χ1n) is 17.2. The lowest BCUT2D eigenvalue weighted by Gasteiger charge is -2.36. The third-order valence-corrected chi connectivity index (χ3v) is 13.0. The Kier molecular flexibility index (Phi) is 8.71. The number of hydrogen-bond donors (Lipinski definition) is 1. The average molecular weight is 728 g/mol. The number of halogens is 1. The highest BCUT2D eigenvalue weighted by Gasteiger charge is 2.46. The van der Waals surface area contributed by atoms with E-state index < -0.39 is 25.9 Å². The van der Waals surface area contributed by atoms with Gasteiger partial charge in [0.15, 0.2) is 11.9 Å². The fourth-order valence-corrected chi connectivity index (χ4v) is 9.09. The zero-order valence-corrected chi connectivity index (χ0v) is 29.9. The molecule has 1 aliphatic heterocycles. The molecule has 51 heavy (non-hydrogen) atoms. The summed E-state index contributed by atoms with van der Waals surface area (Å²) >= 11 is 6.63. The van der Waals surface area contributed by atoms with Gasteiger partial charge in [-0.05, 0) is 111 Å². The van der Waals surface area contributed by atoms with Crippen LogP contribution in [0.2, 0.25) is 5.28 Å². The van der Waals surface area contributed by atoms with Gasteiger partial charge >= 0.3 is 0 Å². The van der Waals surface area contributed by atoms with E-state index in [2.05, 4.69) is 15.0 Å². The number of H-pyrrole nitrogens is 1. The van der Waals surface area contributed by atoms with Crippen LogP contribution in [0.3, 0.4) is 0 Å². The monoisotopic (exact) mass is 727 g/mol. The fraction of sp³-hybridized carbons (Fsp3) is 0.368. The molecule has 264 valence electrons. The lowest BCUT2D eigenvalue weighted by Crippen LogP contribution is -2.41. The van der Waals surface area contributed by atoms with E-state index in [1.807, 2.05) is 49.4 Å². The quantitative estimate of drug-likeness (QED) is 0.157. The predicted molar refractivity (Wildman–Crippen MR) is 195 cm³/mol. The normalized spacial score (nSPS) is 22.5. The summed E-state index contributed by atoms with van der Waals surface area (Å²) in [6.07, 6.45) is 14.7. The zero-order valence-electron chi connectivity index (χ0n) is 28.3. The van der Waals surface area contributed by atoms with E-state index in [9.17, 15) is 13.2 Å². The van der Waals surface area contributed by atoms with Crippen molar-refractivity contribution in [1.82, 2.24) is 23.9 Å². The summed E-state index contributed by atoms with van der Waals surface area (Å²) in [4.78, 5) is 29.2. The SMILES string of the molecule is CC1=CC(c2ccc3nc(Cl)nc(C(COC4CCCCO4)(OC4CC4)c4cccnc4)c3c2)=CCC1(C)S(=O)(=O)n1ccc2cc[nH]c(=O)c21. The van der Waals surface area contributed by atoms with Gasteiger partial charge in [-0.1, -0.05) is 24.3 Å². The van der Waals surface area contributed by atoms with E-state index in [0.717, 1.165) is 58.2 Å². The van der Waals surface area contributed by atoms with Crippen molar-refractivity contribution in [3.63, 3.8) is 0 Å². The van der Waals surface area contributed by atoms with Gasteiger partial charge in [0.05, 0.1) is 23.9 Å². The van der Waals surface area contributed by atoms with E-state index >= 15 is 0 Å². The molecular formula is C38H38ClN5O6S. The molecule has 1 saturated heterocycles. The molecule has 5 aromatic rings. The van der Waals surface area contributed by atoms with Crippen molar-refractivity contribution in [3.05, 3.63) is 117 Å². The van der Waals surface area contributed by atoms with Crippen LogP contribution in [0.1, 0.15) is 69.2 Å². The highest BCUT2D eigenvalue weighted by atomic mass is 35.5. The molecule has 5 heterocycles. The number of nitrogens with zero attached hydrogens (tertiary/aromatic N) is 4. The molecule has 2 aliphatic carbocycles. The Balaban J connectivity index is 1.21. The molecule has 3 unspecified atom stereocenters. The molecule has 1 N–H and O–H groups in total. The van der Waals surface area contributed by atoms with Crippen molar-refractivity contribution in [2.24, 2.45) is 0 Å². The molecule has 3 aliphatic rings. The van der Waals surface area contributed by atoms with Crippen molar-refractivity contribution in [1.29, 1.82) is 0 Å². The molecule has 1 aromatic carbocycles. The minimum Gasteiger partial charge on any atom is -0.358 e. The van der Waals surface area contributed by atoms with Gasteiger partial charge in [-0.3, -0.25) is 9.78 Å². The minimum absolute atomic E-state index is 0.00678. The molecule has 11 nitrogen and oxygen atoms in total. The number of fused-ring (bicyclic) bond motifs is 2. The van der Waals surface area contributed by atoms with Gasteiger partial charge < -0.3 is 19.2 Å². The van der Waals surface area contributed by atoms with Crippen LogP contribution in [0.4, 0.5) is 0 Å². The second-order valence-electron chi connectivity index (χ2n) is 13.7.